The fourth-order valence-electron chi connectivity index (χ4n) is 2.46. The van der Waals surface area contributed by atoms with E-state index in [4.69, 9.17) is 5.73 Å². The first-order chi connectivity index (χ1) is 8.47. The van der Waals surface area contributed by atoms with Gasteiger partial charge in [0.25, 0.3) is 0 Å². The van der Waals surface area contributed by atoms with E-state index in [1.54, 1.807) is 11.3 Å². The lowest BCUT2D eigenvalue weighted by Crippen LogP contribution is -2.55. The van der Waals surface area contributed by atoms with E-state index in [0.717, 1.165) is 6.54 Å². The number of nitrogens with zero attached hydrogens (tertiary/aromatic N) is 1. The maximum Gasteiger partial charge on any atom is 0.150 e. The second kappa shape index (κ2) is 5.28. The minimum Gasteiger partial charge on any atom is -0.329 e. The van der Waals surface area contributed by atoms with Crippen molar-refractivity contribution in [2.24, 2.45) is 5.73 Å². The standard InChI is InChI=1S/C12H20N2O2S2/c1-14(9-11-3-2-6-17-11)12(10-13)4-7-18(15,16)8-5-12/h2-3,6H,4-5,7-10,13H2,1H3. The molecule has 1 fully saturated rings. The zero-order chi connectivity index (χ0) is 13.2. The Morgan fingerprint density at radius 2 is 2.11 bits per heavy atom. The van der Waals surface area contributed by atoms with Crippen LogP contribution < -0.4 is 5.73 Å². The highest BCUT2D eigenvalue weighted by Gasteiger charge is 2.39. The van der Waals surface area contributed by atoms with Crippen molar-refractivity contribution in [2.45, 2.75) is 24.9 Å². The smallest absolute Gasteiger partial charge is 0.150 e. The van der Waals surface area contributed by atoms with Crippen LogP contribution in [0.2, 0.25) is 0 Å². The van der Waals surface area contributed by atoms with Gasteiger partial charge in [0.15, 0.2) is 0 Å². The first kappa shape index (κ1) is 14.0. The van der Waals surface area contributed by atoms with Crippen LogP contribution in [0.25, 0.3) is 0 Å². The van der Waals surface area contributed by atoms with Crippen LogP contribution in [-0.2, 0) is 16.4 Å². The number of sulfone groups is 1. The molecule has 0 aliphatic carbocycles. The van der Waals surface area contributed by atoms with E-state index in [9.17, 15) is 8.42 Å². The summed E-state index contributed by atoms with van der Waals surface area (Å²) >= 11 is 1.72. The third kappa shape index (κ3) is 2.93. The van der Waals surface area contributed by atoms with Gasteiger partial charge in [0.1, 0.15) is 9.84 Å². The van der Waals surface area contributed by atoms with Crippen molar-refractivity contribution in [1.82, 2.24) is 4.90 Å². The van der Waals surface area contributed by atoms with Gasteiger partial charge in [0.2, 0.25) is 0 Å². The molecule has 1 aliphatic heterocycles. The summed E-state index contributed by atoms with van der Waals surface area (Å²) in [6, 6.07) is 4.14. The molecule has 0 bridgehead atoms. The fourth-order valence-corrected chi connectivity index (χ4v) is 4.81. The maximum atomic E-state index is 11.5. The first-order valence-corrected chi connectivity index (χ1v) is 8.82. The molecule has 1 aliphatic rings. The van der Waals surface area contributed by atoms with Crippen LogP contribution in [0.1, 0.15) is 17.7 Å². The molecule has 0 radical (unpaired) electrons. The van der Waals surface area contributed by atoms with Gasteiger partial charge in [0, 0.05) is 23.5 Å². The lowest BCUT2D eigenvalue weighted by atomic mass is 9.90. The molecule has 0 unspecified atom stereocenters. The van der Waals surface area contributed by atoms with Gasteiger partial charge in [-0.05, 0) is 31.3 Å². The number of rotatable bonds is 4. The molecule has 2 N–H and O–H groups in total. The number of thiophene rings is 1. The molecule has 0 saturated carbocycles. The summed E-state index contributed by atoms with van der Waals surface area (Å²) in [6.07, 6.45) is 1.29. The highest BCUT2D eigenvalue weighted by Crippen LogP contribution is 2.30. The Morgan fingerprint density at radius 3 is 2.61 bits per heavy atom. The van der Waals surface area contributed by atoms with Crippen molar-refractivity contribution in [3.63, 3.8) is 0 Å². The number of likely N-dealkylation sites (N-methyl/N-ethyl adjacent to an activating group) is 1. The molecule has 1 aromatic heterocycles. The lowest BCUT2D eigenvalue weighted by Gasteiger charge is -2.43. The minimum absolute atomic E-state index is 0.157. The van der Waals surface area contributed by atoms with Gasteiger partial charge in [0.05, 0.1) is 11.5 Å². The number of nitrogens with two attached hydrogens (primary N) is 1. The highest BCUT2D eigenvalue weighted by atomic mass is 32.2. The van der Waals surface area contributed by atoms with E-state index >= 15 is 0 Å². The predicted molar refractivity (Wildman–Crippen MR) is 75.5 cm³/mol. The average Bonchev–Trinajstić information content (AvgIpc) is 2.82. The third-order valence-corrected chi connectivity index (χ3v) is 6.43. The van der Waals surface area contributed by atoms with Crippen molar-refractivity contribution < 1.29 is 8.42 Å². The van der Waals surface area contributed by atoms with E-state index in [1.807, 2.05) is 13.1 Å². The Hall–Kier alpha value is -0.430. The molecule has 0 amide bonds. The van der Waals surface area contributed by atoms with E-state index in [1.165, 1.54) is 4.88 Å². The highest BCUT2D eigenvalue weighted by molar-refractivity contribution is 7.91. The molecule has 6 heteroatoms. The fraction of sp³-hybridized carbons (Fsp3) is 0.667. The Morgan fingerprint density at radius 1 is 1.44 bits per heavy atom. The summed E-state index contributed by atoms with van der Waals surface area (Å²) < 4.78 is 23.1. The summed E-state index contributed by atoms with van der Waals surface area (Å²) in [4.78, 5) is 3.52. The van der Waals surface area contributed by atoms with Crippen LogP contribution in [0, 0.1) is 0 Å². The minimum atomic E-state index is -2.84. The molecule has 0 aromatic carbocycles. The molecule has 102 valence electrons. The topological polar surface area (TPSA) is 63.4 Å². The molecule has 0 atom stereocenters. The second-order valence-electron chi connectivity index (χ2n) is 5.02. The van der Waals surface area contributed by atoms with Gasteiger partial charge in [-0.15, -0.1) is 11.3 Å². The van der Waals surface area contributed by atoms with Crippen molar-refractivity contribution in [1.29, 1.82) is 0 Å². The monoisotopic (exact) mass is 288 g/mol. The summed E-state index contributed by atoms with van der Waals surface area (Å²) in [5.74, 6) is 0.526. The second-order valence-corrected chi connectivity index (χ2v) is 8.35. The lowest BCUT2D eigenvalue weighted by molar-refractivity contribution is 0.107. The molecule has 0 spiro atoms. The molecule has 1 saturated heterocycles. The van der Waals surface area contributed by atoms with Crippen LogP contribution in [0.5, 0.6) is 0 Å². The molecule has 2 heterocycles. The van der Waals surface area contributed by atoms with Gasteiger partial charge in [-0.3, -0.25) is 4.90 Å². The zero-order valence-electron chi connectivity index (χ0n) is 10.6. The summed E-state index contributed by atoms with van der Waals surface area (Å²) in [5.41, 5.74) is 5.77. The van der Waals surface area contributed by atoms with Crippen molar-refractivity contribution in [2.75, 3.05) is 25.1 Å². The SMILES string of the molecule is CN(Cc1cccs1)C1(CN)CCS(=O)(=O)CC1. The normalized spacial score (nSPS) is 22.2. The van der Waals surface area contributed by atoms with E-state index < -0.39 is 9.84 Å². The van der Waals surface area contributed by atoms with Gasteiger partial charge < -0.3 is 5.73 Å². The quantitative estimate of drug-likeness (QED) is 0.901. The summed E-state index contributed by atoms with van der Waals surface area (Å²) in [7, 11) is -0.793. The molecule has 1 aromatic rings. The largest absolute Gasteiger partial charge is 0.329 e. The molecule has 4 nitrogen and oxygen atoms in total. The van der Waals surface area contributed by atoms with Crippen molar-refractivity contribution in [3.8, 4) is 0 Å². The van der Waals surface area contributed by atoms with Gasteiger partial charge in [-0.2, -0.15) is 0 Å². The van der Waals surface area contributed by atoms with Gasteiger partial charge >= 0.3 is 0 Å². The Kier molecular flexibility index (Phi) is 4.11. The van der Waals surface area contributed by atoms with E-state index in [-0.39, 0.29) is 17.0 Å². The molecule has 18 heavy (non-hydrogen) atoms. The Labute approximate surface area is 113 Å². The number of hydrogen-bond donors (Lipinski definition) is 1. The van der Waals surface area contributed by atoms with Crippen molar-refractivity contribution in [3.05, 3.63) is 22.4 Å². The summed E-state index contributed by atoms with van der Waals surface area (Å²) in [5, 5.41) is 2.06. The van der Waals surface area contributed by atoms with Crippen molar-refractivity contribution >= 4 is 21.2 Å². The van der Waals surface area contributed by atoms with Crippen LogP contribution in [0.15, 0.2) is 17.5 Å². The van der Waals surface area contributed by atoms with Crippen LogP contribution in [0.4, 0.5) is 0 Å². The van der Waals surface area contributed by atoms with Crippen LogP contribution >= 0.6 is 11.3 Å². The van der Waals surface area contributed by atoms with E-state index in [0.29, 0.717) is 19.4 Å². The molecular formula is C12H20N2O2S2. The maximum absolute atomic E-state index is 11.5. The summed E-state index contributed by atoms with van der Waals surface area (Å²) in [6.45, 7) is 1.36. The van der Waals surface area contributed by atoms with Crippen LogP contribution in [0.3, 0.4) is 0 Å². The van der Waals surface area contributed by atoms with Gasteiger partial charge in [-0.25, -0.2) is 8.42 Å². The van der Waals surface area contributed by atoms with Gasteiger partial charge in [-0.1, -0.05) is 6.07 Å². The molecular weight excluding hydrogens is 268 g/mol. The first-order valence-electron chi connectivity index (χ1n) is 6.12. The third-order valence-electron chi connectivity index (χ3n) is 3.92. The van der Waals surface area contributed by atoms with E-state index in [2.05, 4.69) is 16.3 Å². The average molecular weight is 288 g/mol. The van der Waals surface area contributed by atoms with Crippen LogP contribution in [-0.4, -0.2) is 44.0 Å². The predicted octanol–water partition coefficient (Wildman–Crippen LogP) is 1.09. The molecule has 2 rings (SSSR count). The Balaban J connectivity index is 2.08. The Bertz CT molecular complexity index is 468. The zero-order valence-corrected chi connectivity index (χ0v) is 12.3. The number of hydrogen-bond acceptors (Lipinski definition) is 5.